The van der Waals surface area contributed by atoms with E-state index in [1.54, 1.807) is 13.0 Å². The van der Waals surface area contributed by atoms with Crippen LogP contribution in [-0.2, 0) is 9.53 Å². The van der Waals surface area contributed by atoms with Gasteiger partial charge < -0.3 is 4.74 Å². The molecule has 9 heavy (non-hydrogen) atoms. The Morgan fingerprint density at radius 1 is 1.67 bits per heavy atom. The highest BCUT2D eigenvalue weighted by molar-refractivity contribution is 5.66. The molecule has 0 fully saturated rings. The number of rotatable bonds is 1. The summed E-state index contributed by atoms with van der Waals surface area (Å²) in [6.45, 7) is 2.84. The second-order valence-corrected chi connectivity index (χ2v) is 1.52. The van der Waals surface area contributed by atoms with Crippen LogP contribution >= 0.6 is 0 Å². The summed E-state index contributed by atoms with van der Waals surface area (Å²) in [6.07, 6.45) is 1.13. The van der Waals surface area contributed by atoms with E-state index in [1.807, 2.05) is 0 Å². The molecule has 0 saturated heterocycles. The summed E-state index contributed by atoms with van der Waals surface area (Å²) >= 11 is 0. The Morgan fingerprint density at radius 3 is 2.56 bits per heavy atom. The molecule has 0 saturated carbocycles. The minimum absolute atomic E-state index is 0.380. The first-order valence-corrected chi connectivity index (χ1v) is 2.41. The maximum absolute atomic E-state index is 10.1. The van der Waals surface area contributed by atoms with Crippen molar-refractivity contribution < 1.29 is 9.53 Å². The molecule has 48 valence electrons. The van der Waals surface area contributed by atoms with E-state index in [2.05, 4.69) is 4.74 Å². The van der Waals surface area contributed by atoms with Gasteiger partial charge in [-0.25, -0.2) is 0 Å². The van der Waals surface area contributed by atoms with Gasteiger partial charge in [0.25, 0.3) is 0 Å². The van der Waals surface area contributed by atoms with Gasteiger partial charge in [-0.15, -0.1) is 0 Å². The van der Waals surface area contributed by atoms with E-state index in [1.165, 1.54) is 6.92 Å². The number of carbonyl (C=O) groups is 1. The van der Waals surface area contributed by atoms with E-state index >= 15 is 0 Å². The lowest BCUT2D eigenvalue weighted by molar-refractivity contribution is -0.135. The molecule has 0 radical (unpaired) electrons. The second-order valence-electron chi connectivity index (χ2n) is 1.52. The Bertz CT molecular complexity index is 176. The van der Waals surface area contributed by atoms with Crippen LogP contribution in [0.25, 0.3) is 0 Å². The summed E-state index contributed by atoms with van der Waals surface area (Å²) in [5, 5.41) is 8.14. The molecule has 0 bridgehead atoms. The molecule has 3 nitrogen and oxygen atoms in total. The van der Waals surface area contributed by atoms with Gasteiger partial charge in [-0.1, -0.05) is 0 Å². The lowest BCUT2D eigenvalue weighted by Crippen LogP contribution is -1.90. The fourth-order valence-corrected chi connectivity index (χ4v) is 0.198. The molecule has 0 heterocycles. The Balaban J connectivity index is 3.74. The molecule has 0 aliphatic heterocycles. The van der Waals surface area contributed by atoms with E-state index in [9.17, 15) is 4.79 Å². The van der Waals surface area contributed by atoms with Crippen LogP contribution in [0.5, 0.6) is 0 Å². The number of allylic oxidation sites excluding steroid dienone is 1. The van der Waals surface area contributed by atoms with E-state index in [-0.39, 0.29) is 0 Å². The molecule has 0 rings (SSSR count). The first-order chi connectivity index (χ1) is 4.16. The van der Waals surface area contributed by atoms with Gasteiger partial charge in [-0.2, -0.15) is 5.26 Å². The molecule has 3 heteroatoms. The van der Waals surface area contributed by atoms with Gasteiger partial charge in [-0.3, -0.25) is 4.79 Å². The number of nitrogens with zero attached hydrogens (tertiary/aromatic N) is 1. The van der Waals surface area contributed by atoms with Crippen LogP contribution in [0, 0.1) is 11.3 Å². The Morgan fingerprint density at radius 2 is 2.22 bits per heavy atom. The van der Waals surface area contributed by atoms with Gasteiger partial charge in [-0.05, 0) is 6.92 Å². The smallest absolute Gasteiger partial charge is 0.307 e. The number of ether oxygens (including phenoxy) is 1. The van der Waals surface area contributed by atoms with Crippen LogP contribution < -0.4 is 0 Å². The molecule has 0 aromatic rings. The number of esters is 1. The molecule has 0 spiro atoms. The molecular weight excluding hydrogens is 118 g/mol. The predicted octanol–water partition coefficient (Wildman–Crippen LogP) is 0.977. The summed E-state index contributed by atoms with van der Waals surface area (Å²) in [5.41, 5.74) is 0.380. The van der Waals surface area contributed by atoms with Crippen molar-refractivity contribution in [1.29, 1.82) is 5.26 Å². The van der Waals surface area contributed by atoms with Gasteiger partial charge >= 0.3 is 5.97 Å². The molecule has 0 amide bonds. The average molecular weight is 125 g/mol. The molecule has 0 aliphatic rings. The van der Waals surface area contributed by atoms with Gasteiger partial charge in [0.1, 0.15) is 6.26 Å². The summed E-state index contributed by atoms with van der Waals surface area (Å²) < 4.78 is 4.37. The van der Waals surface area contributed by atoms with E-state index in [4.69, 9.17) is 5.26 Å². The SMILES string of the molecule is CC(=O)OC=C(C)C#N. The van der Waals surface area contributed by atoms with Crippen molar-refractivity contribution in [3.8, 4) is 6.07 Å². The van der Waals surface area contributed by atoms with E-state index in [0.717, 1.165) is 6.26 Å². The molecule has 0 aliphatic carbocycles. The highest BCUT2D eigenvalue weighted by Gasteiger charge is 1.87. The maximum atomic E-state index is 10.1. The third-order valence-electron chi connectivity index (χ3n) is 0.578. The van der Waals surface area contributed by atoms with E-state index < -0.39 is 5.97 Å². The minimum Gasteiger partial charge on any atom is -0.434 e. The first kappa shape index (κ1) is 7.70. The molecule has 0 aromatic heterocycles. The van der Waals surface area contributed by atoms with Crippen molar-refractivity contribution in [2.45, 2.75) is 13.8 Å². The minimum atomic E-state index is -0.412. The van der Waals surface area contributed by atoms with Crippen molar-refractivity contribution in [1.82, 2.24) is 0 Å². The normalized spacial score (nSPS) is 10.1. The van der Waals surface area contributed by atoms with E-state index in [0.29, 0.717) is 5.57 Å². The highest BCUT2D eigenvalue weighted by atomic mass is 16.5. The van der Waals surface area contributed by atoms with Crippen LogP contribution in [-0.4, -0.2) is 5.97 Å². The van der Waals surface area contributed by atoms with Crippen molar-refractivity contribution in [3.63, 3.8) is 0 Å². The van der Waals surface area contributed by atoms with Crippen molar-refractivity contribution in [2.24, 2.45) is 0 Å². The monoisotopic (exact) mass is 125 g/mol. The van der Waals surface area contributed by atoms with Crippen LogP contribution in [0.15, 0.2) is 11.8 Å². The zero-order valence-electron chi connectivity index (χ0n) is 5.34. The van der Waals surface area contributed by atoms with Crippen molar-refractivity contribution in [3.05, 3.63) is 11.8 Å². The summed E-state index contributed by atoms with van der Waals surface area (Å²) in [5.74, 6) is -0.412. The fraction of sp³-hybridized carbons (Fsp3) is 0.333. The zero-order chi connectivity index (χ0) is 7.28. The molecule has 0 unspecified atom stereocenters. The van der Waals surface area contributed by atoms with Gasteiger partial charge in [0, 0.05) is 6.92 Å². The Hall–Kier alpha value is -1.30. The van der Waals surface area contributed by atoms with Crippen LogP contribution in [0.4, 0.5) is 0 Å². The van der Waals surface area contributed by atoms with Crippen LogP contribution in [0.1, 0.15) is 13.8 Å². The quantitative estimate of drug-likeness (QED) is 0.298. The summed E-state index contributed by atoms with van der Waals surface area (Å²) in [7, 11) is 0. The summed E-state index contributed by atoms with van der Waals surface area (Å²) in [4.78, 5) is 10.1. The molecule has 0 atom stereocenters. The van der Waals surface area contributed by atoms with Crippen molar-refractivity contribution >= 4 is 5.97 Å². The Kier molecular flexibility index (Phi) is 3.14. The van der Waals surface area contributed by atoms with Gasteiger partial charge in [0.05, 0.1) is 11.6 Å². The summed E-state index contributed by atoms with van der Waals surface area (Å²) in [6, 6.07) is 1.80. The number of nitriles is 1. The zero-order valence-corrected chi connectivity index (χ0v) is 5.34. The van der Waals surface area contributed by atoms with Crippen molar-refractivity contribution in [2.75, 3.05) is 0 Å². The maximum Gasteiger partial charge on any atom is 0.307 e. The van der Waals surface area contributed by atoms with Gasteiger partial charge in [0.2, 0.25) is 0 Å². The van der Waals surface area contributed by atoms with Crippen LogP contribution in [0.2, 0.25) is 0 Å². The highest BCUT2D eigenvalue weighted by Crippen LogP contribution is 1.88. The second kappa shape index (κ2) is 3.67. The molecule has 0 N–H and O–H groups in total. The Labute approximate surface area is 53.5 Å². The molecular formula is C6H7NO2. The largest absolute Gasteiger partial charge is 0.434 e. The molecule has 0 aromatic carbocycles. The number of hydrogen-bond donors (Lipinski definition) is 0. The third kappa shape index (κ3) is 4.56. The predicted molar refractivity (Wildman–Crippen MR) is 31.1 cm³/mol. The number of hydrogen-bond acceptors (Lipinski definition) is 3. The third-order valence-corrected chi connectivity index (χ3v) is 0.578. The lowest BCUT2D eigenvalue weighted by Gasteiger charge is -1.88. The fourth-order valence-electron chi connectivity index (χ4n) is 0.198. The van der Waals surface area contributed by atoms with Crippen LogP contribution in [0.3, 0.4) is 0 Å². The topological polar surface area (TPSA) is 50.1 Å². The van der Waals surface area contributed by atoms with Gasteiger partial charge in [0.15, 0.2) is 0 Å². The lowest BCUT2D eigenvalue weighted by atomic mass is 10.4. The number of carbonyl (C=O) groups excluding carboxylic acids is 1. The average Bonchev–Trinajstić information content (AvgIpc) is 1.83. The first-order valence-electron chi connectivity index (χ1n) is 2.41. The standard InChI is InChI=1S/C6H7NO2/c1-5(3-7)4-9-6(2)8/h4H,1-2H3.